The first-order valence-electron chi connectivity index (χ1n) is 16.4. The number of nitrogens with two attached hydrogens (primary N) is 1. The Labute approximate surface area is 270 Å². The van der Waals surface area contributed by atoms with Gasteiger partial charge in [-0.15, -0.1) is 0 Å². The van der Waals surface area contributed by atoms with E-state index in [1.54, 1.807) is 20.8 Å². The van der Waals surface area contributed by atoms with Crippen LogP contribution in [0, 0.1) is 29.1 Å². The molecule has 1 saturated heterocycles. The van der Waals surface area contributed by atoms with Gasteiger partial charge >= 0.3 is 12.0 Å². The number of nitrogens with zero attached hydrogens (tertiary/aromatic N) is 1. The number of Topliss-reactive ketones (excluding diaryl/α,β-unsaturated/α-hetero) is 1. The lowest BCUT2D eigenvalue weighted by Gasteiger charge is -2.35. The number of benzene rings is 1. The molecular formula is C34H49N5O7. The molecular weight excluding hydrogens is 590 g/mol. The van der Waals surface area contributed by atoms with Gasteiger partial charge in [-0.1, -0.05) is 78.1 Å². The summed E-state index contributed by atoms with van der Waals surface area (Å²) in [5, 5.41) is 17.9. The molecule has 6 N–H and O–H groups in total. The lowest BCUT2D eigenvalue weighted by Crippen LogP contribution is -2.61. The third-order valence-electron chi connectivity index (χ3n) is 10.0. The third kappa shape index (κ3) is 7.87. The van der Waals surface area contributed by atoms with Gasteiger partial charge < -0.3 is 31.7 Å². The standard InChI is InChI=1S/C34H49N5O7/c1-18(2)23-13-14-39(26(23)30(42)36-24(27(40)29(35)41)15-19-9-8-10-19)31(43)25(22-16-20-11-6-7-12-21(20)17-22)37-33(46)38-28(32(44)45)34(3,4)5/h6-7,11-12,18-19,22-26,28H,8-10,13-17H2,1-5H3,(H2,35,41)(H,36,42)(H,44,45)(H2,37,38,46)/t23-,24?,25+,26+,28-/m1/s1. The van der Waals surface area contributed by atoms with Gasteiger partial charge in [0.05, 0.1) is 6.04 Å². The van der Waals surface area contributed by atoms with Crippen LogP contribution < -0.4 is 21.7 Å². The van der Waals surface area contributed by atoms with E-state index < -0.39 is 65.1 Å². The van der Waals surface area contributed by atoms with Crippen molar-refractivity contribution in [2.75, 3.05) is 6.54 Å². The van der Waals surface area contributed by atoms with E-state index in [2.05, 4.69) is 16.0 Å². The molecule has 12 nitrogen and oxygen atoms in total. The normalized spacial score (nSPS) is 21.9. The van der Waals surface area contributed by atoms with Crippen LogP contribution in [0.5, 0.6) is 0 Å². The summed E-state index contributed by atoms with van der Waals surface area (Å²) in [6.07, 6.45) is 4.70. The maximum absolute atomic E-state index is 14.5. The quantitative estimate of drug-likeness (QED) is 0.217. The number of carbonyl (C=O) groups is 6. The van der Waals surface area contributed by atoms with Crippen LogP contribution in [0.3, 0.4) is 0 Å². The fourth-order valence-corrected chi connectivity index (χ4v) is 7.17. The zero-order valence-electron chi connectivity index (χ0n) is 27.5. The number of fused-ring (bicyclic) bond motifs is 1. The van der Waals surface area contributed by atoms with E-state index in [0.29, 0.717) is 25.7 Å². The number of amides is 5. The summed E-state index contributed by atoms with van der Waals surface area (Å²) in [4.78, 5) is 80.0. The average Bonchev–Trinajstić information content (AvgIpc) is 3.59. The number of carboxylic acid groups (broad SMARTS) is 1. The fraction of sp³-hybridized carbons (Fsp3) is 0.647. The SMILES string of the molecule is CC(C)[C@H]1CCN(C(=O)[C@@H](NC(=O)N[C@H](C(=O)O)C(C)(C)C)C2Cc3ccccc3C2)[C@@H]1C(=O)NC(CC1CCC1)C(=O)C(N)=O. The third-order valence-corrected chi connectivity index (χ3v) is 10.0. The Hall–Kier alpha value is -3.96. The minimum absolute atomic E-state index is 0.0130. The highest BCUT2D eigenvalue weighted by molar-refractivity contribution is 6.37. The van der Waals surface area contributed by atoms with Gasteiger partial charge in [0, 0.05) is 6.54 Å². The minimum atomic E-state index is -1.21. The zero-order valence-corrected chi connectivity index (χ0v) is 27.5. The maximum Gasteiger partial charge on any atom is 0.326 e. The number of aliphatic carboxylic acids is 1. The highest BCUT2D eigenvalue weighted by Gasteiger charge is 2.48. The molecule has 1 aliphatic heterocycles. The van der Waals surface area contributed by atoms with Gasteiger partial charge in [-0.05, 0) is 65.9 Å². The lowest BCUT2D eigenvalue weighted by atomic mass is 9.80. The van der Waals surface area contributed by atoms with Crippen LogP contribution in [0.2, 0.25) is 0 Å². The van der Waals surface area contributed by atoms with Crippen molar-refractivity contribution in [3.05, 3.63) is 35.4 Å². The molecule has 2 aliphatic carbocycles. The van der Waals surface area contributed by atoms with Crippen molar-refractivity contribution in [3.63, 3.8) is 0 Å². The molecule has 252 valence electrons. The monoisotopic (exact) mass is 639 g/mol. The fourth-order valence-electron chi connectivity index (χ4n) is 7.17. The molecule has 1 aromatic carbocycles. The van der Waals surface area contributed by atoms with Crippen LogP contribution in [0.4, 0.5) is 4.79 Å². The number of likely N-dealkylation sites (tertiary alicyclic amines) is 1. The molecule has 0 radical (unpaired) electrons. The van der Waals surface area contributed by atoms with Gasteiger partial charge in [-0.2, -0.15) is 0 Å². The highest BCUT2D eigenvalue weighted by Crippen LogP contribution is 2.35. The predicted octanol–water partition coefficient (Wildman–Crippen LogP) is 2.17. The number of urea groups is 1. The van der Waals surface area contributed by atoms with E-state index in [0.717, 1.165) is 30.4 Å². The second-order valence-corrected chi connectivity index (χ2v) is 14.7. The molecule has 3 aliphatic rings. The highest BCUT2D eigenvalue weighted by atomic mass is 16.4. The second-order valence-electron chi connectivity index (χ2n) is 14.7. The molecule has 0 aromatic heterocycles. The Morgan fingerprint density at radius 3 is 2.04 bits per heavy atom. The molecule has 1 aromatic rings. The molecule has 5 amide bonds. The van der Waals surface area contributed by atoms with Crippen molar-refractivity contribution in [1.82, 2.24) is 20.9 Å². The molecule has 0 spiro atoms. The molecule has 0 bridgehead atoms. The average molecular weight is 640 g/mol. The first-order chi connectivity index (χ1) is 21.6. The van der Waals surface area contributed by atoms with E-state index >= 15 is 0 Å². The van der Waals surface area contributed by atoms with Crippen molar-refractivity contribution >= 4 is 35.5 Å². The first kappa shape index (κ1) is 34.9. The van der Waals surface area contributed by atoms with Crippen LogP contribution in [0.25, 0.3) is 0 Å². The van der Waals surface area contributed by atoms with Gasteiger partial charge in [-0.3, -0.25) is 19.2 Å². The van der Waals surface area contributed by atoms with E-state index in [-0.39, 0.29) is 30.2 Å². The minimum Gasteiger partial charge on any atom is -0.480 e. The van der Waals surface area contributed by atoms with E-state index in [4.69, 9.17) is 5.73 Å². The Balaban J connectivity index is 1.62. The van der Waals surface area contributed by atoms with Crippen molar-refractivity contribution in [3.8, 4) is 0 Å². The number of hydrogen-bond acceptors (Lipinski definition) is 6. The molecule has 1 saturated carbocycles. The summed E-state index contributed by atoms with van der Waals surface area (Å²) in [7, 11) is 0. The number of carbonyl (C=O) groups excluding carboxylic acids is 5. The lowest BCUT2D eigenvalue weighted by molar-refractivity contribution is -0.144. The van der Waals surface area contributed by atoms with Crippen LogP contribution in [-0.2, 0) is 36.8 Å². The Bertz CT molecular complexity index is 1330. The largest absolute Gasteiger partial charge is 0.480 e. The number of nitrogens with one attached hydrogen (secondary N) is 3. The van der Waals surface area contributed by atoms with Crippen LogP contribution in [0.1, 0.15) is 77.8 Å². The van der Waals surface area contributed by atoms with Crippen molar-refractivity contribution < 1.29 is 33.9 Å². The maximum atomic E-state index is 14.5. The Morgan fingerprint density at radius 1 is 0.957 bits per heavy atom. The zero-order chi connectivity index (χ0) is 33.9. The van der Waals surface area contributed by atoms with Crippen LogP contribution in [-0.4, -0.2) is 76.2 Å². The van der Waals surface area contributed by atoms with Gasteiger partial charge in [0.15, 0.2) is 0 Å². The summed E-state index contributed by atoms with van der Waals surface area (Å²) in [6.45, 7) is 9.29. The van der Waals surface area contributed by atoms with Gasteiger partial charge in [-0.25, -0.2) is 9.59 Å². The number of rotatable bonds is 12. The van der Waals surface area contributed by atoms with E-state index in [9.17, 15) is 33.9 Å². The summed E-state index contributed by atoms with van der Waals surface area (Å²) in [5.74, 6) is -4.50. The van der Waals surface area contributed by atoms with Gasteiger partial charge in [0.2, 0.25) is 17.6 Å². The van der Waals surface area contributed by atoms with Gasteiger partial charge in [0.25, 0.3) is 5.91 Å². The number of hydrogen-bond donors (Lipinski definition) is 5. The number of primary amides is 1. The second kappa shape index (κ2) is 14.2. The number of ketones is 1. The molecule has 4 rings (SSSR count). The van der Waals surface area contributed by atoms with Crippen molar-refractivity contribution in [2.45, 2.75) is 104 Å². The van der Waals surface area contributed by atoms with Crippen LogP contribution in [0.15, 0.2) is 24.3 Å². The summed E-state index contributed by atoms with van der Waals surface area (Å²) >= 11 is 0. The molecule has 1 heterocycles. The molecule has 2 fully saturated rings. The van der Waals surface area contributed by atoms with E-state index in [1.807, 2.05) is 38.1 Å². The molecule has 12 heteroatoms. The predicted molar refractivity (Wildman–Crippen MR) is 170 cm³/mol. The summed E-state index contributed by atoms with van der Waals surface area (Å²) in [6, 6.07) is 2.73. The molecule has 46 heavy (non-hydrogen) atoms. The van der Waals surface area contributed by atoms with E-state index in [1.165, 1.54) is 4.90 Å². The first-order valence-corrected chi connectivity index (χ1v) is 16.4. The topological polar surface area (TPSA) is 188 Å². The molecule has 5 atom stereocenters. The Morgan fingerprint density at radius 2 is 1.57 bits per heavy atom. The smallest absolute Gasteiger partial charge is 0.326 e. The molecule has 1 unspecified atom stereocenters. The Kier molecular flexibility index (Phi) is 10.8. The summed E-state index contributed by atoms with van der Waals surface area (Å²) in [5.41, 5.74) is 6.66. The number of carboxylic acids is 1. The van der Waals surface area contributed by atoms with Crippen molar-refractivity contribution in [1.29, 1.82) is 0 Å². The van der Waals surface area contributed by atoms with Crippen molar-refractivity contribution in [2.24, 2.45) is 34.8 Å². The summed E-state index contributed by atoms with van der Waals surface area (Å²) < 4.78 is 0. The van der Waals surface area contributed by atoms with Crippen LogP contribution >= 0.6 is 0 Å². The van der Waals surface area contributed by atoms with Gasteiger partial charge in [0.1, 0.15) is 18.1 Å².